The molecule has 0 radical (unpaired) electrons. The van der Waals surface area contributed by atoms with Crippen molar-refractivity contribution in [2.24, 2.45) is 5.84 Å². The first kappa shape index (κ1) is 15.8. The largest absolute Gasteiger partial charge is 0.271 e. The van der Waals surface area contributed by atoms with Crippen LogP contribution in [0.2, 0.25) is 5.02 Å². The molecule has 0 fully saturated rings. The zero-order valence-electron chi connectivity index (χ0n) is 11.3. The molecular weight excluding hydrogens is 301 g/mol. The minimum absolute atomic E-state index is 0.213. The normalized spacial score (nSPS) is 12.5. The zero-order chi connectivity index (χ0) is 15.6. The van der Waals surface area contributed by atoms with E-state index in [1.54, 1.807) is 6.07 Å². The van der Waals surface area contributed by atoms with Crippen molar-refractivity contribution in [1.82, 2.24) is 5.43 Å². The second-order valence-electron chi connectivity index (χ2n) is 4.82. The molecule has 2 aromatic carbocycles. The van der Waals surface area contributed by atoms with E-state index in [1.807, 2.05) is 19.1 Å². The molecule has 0 aliphatic heterocycles. The average molecular weight is 315 g/mol. The summed E-state index contributed by atoms with van der Waals surface area (Å²) in [6, 6.07) is 6.74. The topological polar surface area (TPSA) is 38.0 Å². The number of rotatable bonds is 4. The van der Waals surface area contributed by atoms with Crippen LogP contribution in [0.15, 0.2) is 30.3 Å². The molecule has 0 aliphatic carbocycles. The third-order valence-corrected chi connectivity index (χ3v) is 3.59. The molecule has 112 valence electrons. The quantitative estimate of drug-likeness (QED) is 0.511. The summed E-state index contributed by atoms with van der Waals surface area (Å²) in [6.45, 7) is 1.90. The maximum absolute atomic E-state index is 13.3. The van der Waals surface area contributed by atoms with E-state index in [1.165, 1.54) is 0 Å². The van der Waals surface area contributed by atoms with Gasteiger partial charge in [-0.15, -0.1) is 0 Å². The van der Waals surface area contributed by atoms with Crippen LogP contribution in [0.5, 0.6) is 0 Å². The van der Waals surface area contributed by atoms with Crippen LogP contribution in [0.25, 0.3) is 0 Å². The molecule has 21 heavy (non-hydrogen) atoms. The fourth-order valence-corrected chi connectivity index (χ4v) is 2.40. The maximum atomic E-state index is 13.3. The third-order valence-electron chi connectivity index (χ3n) is 3.24. The Balaban J connectivity index is 2.32. The summed E-state index contributed by atoms with van der Waals surface area (Å²) >= 11 is 6.13. The molecule has 2 nitrogen and oxygen atoms in total. The Labute approximate surface area is 125 Å². The Morgan fingerprint density at radius 3 is 2.29 bits per heavy atom. The number of nitrogens with one attached hydrogen (secondary N) is 1. The molecule has 0 amide bonds. The van der Waals surface area contributed by atoms with Gasteiger partial charge in [0.1, 0.15) is 0 Å². The van der Waals surface area contributed by atoms with E-state index >= 15 is 0 Å². The van der Waals surface area contributed by atoms with Crippen molar-refractivity contribution in [2.45, 2.75) is 19.4 Å². The zero-order valence-corrected chi connectivity index (χ0v) is 12.0. The van der Waals surface area contributed by atoms with Crippen LogP contribution in [-0.2, 0) is 6.42 Å². The molecule has 0 heterocycles. The minimum Gasteiger partial charge on any atom is -0.271 e. The van der Waals surface area contributed by atoms with Gasteiger partial charge in [0.15, 0.2) is 17.5 Å². The minimum atomic E-state index is -1.50. The van der Waals surface area contributed by atoms with Crippen molar-refractivity contribution < 1.29 is 13.2 Å². The molecule has 0 saturated heterocycles. The van der Waals surface area contributed by atoms with E-state index in [2.05, 4.69) is 5.43 Å². The Morgan fingerprint density at radius 1 is 1.14 bits per heavy atom. The van der Waals surface area contributed by atoms with E-state index < -0.39 is 23.5 Å². The van der Waals surface area contributed by atoms with Crippen molar-refractivity contribution >= 4 is 11.6 Å². The first-order valence-electron chi connectivity index (χ1n) is 6.28. The molecule has 1 atom stereocenters. The molecule has 1 unspecified atom stereocenters. The summed E-state index contributed by atoms with van der Waals surface area (Å²) in [4.78, 5) is 0. The van der Waals surface area contributed by atoms with E-state index in [4.69, 9.17) is 17.4 Å². The van der Waals surface area contributed by atoms with E-state index in [0.29, 0.717) is 11.4 Å². The molecule has 0 aromatic heterocycles. The highest BCUT2D eigenvalue weighted by Gasteiger charge is 2.18. The standard InChI is InChI=1S/C15H14ClF3N2/c1-8-2-3-9(11(16)4-8)7-14(21-20)10-5-12(17)15(19)13(18)6-10/h2-6,14,21H,7,20H2,1H3. The lowest BCUT2D eigenvalue weighted by atomic mass is 9.98. The van der Waals surface area contributed by atoms with Crippen molar-refractivity contribution in [1.29, 1.82) is 0 Å². The first-order chi connectivity index (χ1) is 9.92. The van der Waals surface area contributed by atoms with Gasteiger partial charge in [-0.3, -0.25) is 11.3 Å². The van der Waals surface area contributed by atoms with Crippen LogP contribution < -0.4 is 11.3 Å². The molecule has 6 heteroatoms. The van der Waals surface area contributed by atoms with Crippen molar-refractivity contribution in [3.63, 3.8) is 0 Å². The highest BCUT2D eigenvalue weighted by Crippen LogP contribution is 2.26. The number of halogens is 4. The van der Waals surface area contributed by atoms with Gasteiger partial charge in [0.2, 0.25) is 0 Å². The van der Waals surface area contributed by atoms with E-state index in [9.17, 15) is 13.2 Å². The van der Waals surface area contributed by atoms with Crippen LogP contribution in [0, 0.1) is 24.4 Å². The van der Waals surface area contributed by atoms with Crippen molar-refractivity contribution in [3.05, 3.63) is 69.5 Å². The Morgan fingerprint density at radius 2 is 1.76 bits per heavy atom. The summed E-state index contributed by atoms with van der Waals surface area (Å²) in [5, 5.41) is 0.540. The van der Waals surface area contributed by atoms with E-state index in [0.717, 1.165) is 23.3 Å². The van der Waals surface area contributed by atoms with E-state index in [-0.39, 0.29) is 5.56 Å². The number of nitrogens with two attached hydrogens (primary N) is 1. The highest BCUT2D eigenvalue weighted by molar-refractivity contribution is 6.31. The van der Waals surface area contributed by atoms with Gasteiger partial charge in [0.05, 0.1) is 6.04 Å². The lowest BCUT2D eigenvalue weighted by Gasteiger charge is -2.18. The molecule has 2 aromatic rings. The first-order valence-corrected chi connectivity index (χ1v) is 6.65. The monoisotopic (exact) mass is 314 g/mol. The van der Waals surface area contributed by atoms with Crippen molar-refractivity contribution in [2.75, 3.05) is 0 Å². The molecular formula is C15H14ClF3N2. The molecule has 0 aliphatic rings. The SMILES string of the molecule is Cc1ccc(CC(NN)c2cc(F)c(F)c(F)c2)c(Cl)c1. The van der Waals surface area contributed by atoms with Gasteiger partial charge in [0, 0.05) is 5.02 Å². The van der Waals surface area contributed by atoms with Crippen LogP contribution in [0.1, 0.15) is 22.7 Å². The van der Waals surface area contributed by atoms with Gasteiger partial charge in [-0.2, -0.15) is 0 Å². The summed E-state index contributed by atoms with van der Waals surface area (Å²) in [6.07, 6.45) is 0.320. The highest BCUT2D eigenvalue weighted by atomic mass is 35.5. The smallest absolute Gasteiger partial charge is 0.194 e. The van der Waals surface area contributed by atoms with Gasteiger partial charge in [-0.1, -0.05) is 23.7 Å². The summed E-state index contributed by atoms with van der Waals surface area (Å²) < 4.78 is 39.6. The molecule has 3 N–H and O–H groups in total. The second-order valence-corrected chi connectivity index (χ2v) is 5.22. The number of hydrogen-bond donors (Lipinski definition) is 2. The Bertz CT molecular complexity index is 638. The van der Waals surface area contributed by atoms with Gasteiger partial charge >= 0.3 is 0 Å². The summed E-state index contributed by atoms with van der Waals surface area (Å²) in [7, 11) is 0. The van der Waals surface area contributed by atoms with Crippen LogP contribution in [0.3, 0.4) is 0 Å². The molecule has 0 saturated carbocycles. The molecule has 0 spiro atoms. The van der Waals surface area contributed by atoms with Gasteiger partial charge in [-0.05, 0) is 48.2 Å². The fourth-order valence-electron chi connectivity index (χ4n) is 2.09. The fraction of sp³-hybridized carbons (Fsp3) is 0.200. The van der Waals surface area contributed by atoms with Crippen LogP contribution >= 0.6 is 11.6 Å². The van der Waals surface area contributed by atoms with Crippen LogP contribution in [0.4, 0.5) is 13.2 Å². The number of hydrazine groups is 1. The number of benzene rings is 2. The summed E-state index contributed by atoms with van der Waals surface area (Å²) in [5.41, 5.74) is 4.45. The van der Waals surface area contributed by atoms with Crippen molar-refractivity contribution in [3.8, 4) is 0 Å². The summed E-state index contributed by atoms with van der Waals surface area (Å²) in [5.74, 6) is 1.44. The lowest BCUT2D eigenvalue weighted by Crippen LogP contribution is -2.30. The Hall–Kier alpha value is -1.56. The third kappa shape index (κ3) is 3.56. The van der Waals surface area contributed by atoms with Gasteiger partial charge < -0.3 is 0 Å². The number of hydrogen-bond acceptors (Lipinski definition) is 2. The predicted molar refractivity (Wildman–Crippen MR) is 76.3 cm³/mol. The van der Waals surface area contributed by atoms with Gasteiger partial charge in [0.25, 0.3) is 0 Å². The Kier molecular flexibility index (Phi) is 4.88. The lowest BCUT2D eigenvalue weighted by molar-refractivity contribution is 0.439. The second kappa shape index (κ2) is 6.47. The number of aryl methyl sites for hydroxylation is 1. The molecule has 2 rings (SSSR count). The molecule has 0 bridgehead atoms. The average Bonchev–Trinajstić information content (AvgIpc) is 2.43. The maximum Gasteiger partial charge on any atom is 0.194 e. The predicted octanol–water partition coefficient (Wildman–Crippen LogP) is 3.81. The van der Waals surface area contributed by atoms with Gasteiger partial charge in [-0.25, -0.2) is 13.2 Å². The van der Waals surface area contributed by atoms with Crippen LogP contribution in [-0.4, -0.2) is 0 Å².